The van der Waals surface area contributed by atoms with E-state index < -0.39 is 11.5 Å². The number of nitrogens with one attached hydrogen (secondary N) is 1. The Labute approximate surface area is 123 Å². The number of benzene rings is 1. The van der Waals surface area contributed by atoms with Gasteiger partial charge in [0, 0.05) is 23.7 Å². The molecule has 1 aliphatic carbocycles. The Morgan fingerprint density at radius 3 is 2.62 bits per heavy atom. The van der Waals surface area contributed by atoms with Gasteiger partial charge in [-0.25, -0.2) is 4.79 Å². The minimum atomic E-state index is -1.07. The van der Waals surface area contributed by atoms with Crippen LogP contribution < -0.4 is 15.8 Å². The molecule has 4 N–H and O–H groups in total. The fourth-order valence-corrected chi connectivity index (χ4v) is 2.73. The van der Waals surface area contributed by atoms with Crippen LogP contribution >= 0.6 is 0 Å². The van der Waals surface area contributed by atoms with Crippen LogP contribution in [-0.2, 0) is 4.79 Å². The van der Waals surface area contributed by atoms with Gasteiger partial charge in [0.2, 0.25) is 5.91 Å². The molecule has 0 aliphatic heterocycles. The van der Waals surface area contributed by atoms with E-state index in [0.29, 0.717) is 5.69 Å². The molecule has 0 saturated heterocycles. The Balaban J connectivity index is 2.05. The second-order valence-electron chi connectivity index (χ2n) is 5.51. The van der Waals surface area contributed by atoms with E-state index in [1.165, 1.54) is 19.2 Å². The van der Waals surface area contributed by atoms with Crippen LogP contribution in [0.5, 0.6) is 5.75 Å². The Bertz CT molecular complexity index is 551. The van der Waals surface area contributed by atoms with Crippen molar-refractivity contribution < 1.29 is 19.4 Å². The molecule has 114 valence electrons. The van der Waals surface area contributed by atoms with Crippen LogP contribution in [0, 0.1) is 0 Å². The van der Waals surface area contributed by atoms with Crippen molar-refractivity contribution in [2.45, 2.75) is 37.6 Å². The minimum absolute atomic E-state index is 0.0570. The van der Waals surface area contributed by atoms with Crippen molar-refractivity contribution in [3.8, 4) is 5.75 Å². The van der Waals surface area contributed by atoms with Gasteiger partial charge in [0.25, 0.3) is 0 Å². The van der Waals surface area contributed by atoms with E-state index in [1.54, 1.807) is 6.07 Å². The van der Waals surface area contributed by atoms with Crippen molar-refractivity contribution in [1.82, 2.24) is 0 Å². The molecule has 1 fully saturated rings. The van der Waals surface area contributed by atoms with Crippen LogP contribution in [0.2, 0.25) is 0 Å². The van der Waals surface area contributed by atoms with Crippen LogP contribution in [-0.4, -0.2) is 29.6 Å². The summed E-state index contributed by atoms with van der Waals surface area (Å²) in [5.41, 5.74) is 6.32. The summed E-state index contributed by atoms with van der Waals surface area (Å²) >= 11 is 0. The average molecular weight is 292 g/mol. The number of hydrogen-bond donors (Lipinski definition) is 3. The number of nitrogens with two attached hydrogens (primary N) is 1. The third-order valence-corrected chi connectivity index (χ3v) is 3.83. The SMILES string of the molecule is COc1cc(NC(=O)CC2(N)CCCC2)ccc1C(=O)O. The van der Waals surface area contributed by atoms with Gasteiger partial charge in [0.1, 0.15) is 11.3 Å². The van der Waals surface area contributed by atoms with Gasteiger partial charge in [0.15, 0.2) is 0 Å². The van der Waals surface area contributed by atoms with Crippen molar-refractivity contribution in [3.05, 3.63) is 23.8 Å². The lowest BCUT2D eigenvalue weighted by molar-refractivity contribution is -0.117. The first-order valence-electron chi connectivity index (χ1n) is 6.94. The molecule has 1 saturated carbocycles. The summed E-state index contributed by atoms with van der Waals surface area (Å²) in [5.74, 6) is -1.02. The molecule has 0 aromatic heterocycles. The number of carboxylic acid groups (broad SMARTS) is 1. The van der Waals surface area contributed by atoms with E-state index in [9.17, 15) is 9.59 Å². The van der Waals surface area contributed by atoms with E-state index in [1.807, 2.05) is 0 Å². The molecule has 1 aliphatic rings. The Morgan fingerprint density at radius 2 is 2.05 bits per heavy atom. The molecular formula is C15H20N2O4. The quantitative estimate of drug-likeness (QED) is 0.770. The second kappa shape index (κ2) is 6.13. The molecule has 2 rings (SSSR count). The highest BCUT2D eigenvalue weighted by Crippen LogP contribution is 2.30. The highest BCUT2D eigenvalue weighted by Gasteiger charge is 2.31. The number of carbonyl (C=O) groups excluding carboxylic acids is 1. The highest BCUT2D eigenvalue weighted by atomic mass is 16.5. The molecule has 6 heteroatoms. The van der Waals surface area contributed by atoms with E-state index in [4.69, 9.17) is 15.6 Å². The van der Waals surface area contributed by atoms with E-state index >= 15 is 0 Å². The predicted molar refractivity (Wildman–Crippen MR) is 78.6 cm³/mol. The van der Waals surface area contributed by atoms with Gasteiger partial charge in [0.05, 0.1) is 7.11 Å². The maximum atomic E-state index is 12.0. The van der Waals surface area contributed by atoms with E-state index in [-0.39, 0.29) is 23.6 Å². The maximum absolute atomic E-state index is 12.0. The number of carboxylic acids is 1. The molecule has 0 radical (unpaired) electrons. The Morgan fingerprint density at radius 1 is 1.38 bits per heavy atom. The van der Waals surface area contributed by atoms with E-state index in [0.717, 1.165) is 25.7 Å². The first kappa shape index (κ1) is 15.3. The molecule has 0 unspecified atom stereocenters. The fraction of sp³-hybridized carbons (Fsp3) is 0.467. The monoisotopic (exact) mass is 292 g/mol. The van der Waals surface area contributed by atoms with Crippen LogP contribution in [0.15, 0.2) is 18.2 Å². The summed E-state index contributed by atoms with van der Waals surface area (Å²) in [4.78, 5) is 23.0. The van der Waals surface area contributed by atoms with Gasteiger partial charge in [-0.15, -0.1) is 0 Å². The zero-order chi connectivity index (χ0) is 15.5. The normalized spacial score (nSPS) is 16.5. The van der Waals surface area contributed by atoms with Crippen molar-refractivity contribution in [1.29, 1.82) is 0 Å². The maximum Gasteiger partial charge on any atom is 0.339 e. The highest BCUT2D eigenvalue weighted by molar-refractivity contribution is 5.95. The lowest BCUT2D eigenvalue weighted by Gasteiger charge is -2.22. The number of hydrogen-bond acceptors (Lipinski definition) is 4. The molecule has 1 aromatic rings. The van der Waals surface area contributed by atoms with Gasteiger partial charge in [-0.05, 0) is 25.0 Å². The summed E-state index contributed by atoms with van der Waals surface area (Å²) in [6, 6.07) is 4.45. The van der Waals surface area contributed by atoms with Crippen molar-refractivity contribution in [3.63, 3.8) is 0 Å². The van der Waals surface area contributed by atoms with Gasteiger partial charge in [-0.1, -0.05) is 12.8 Å². The minimum Gasteiger partial charge on any atom is -0.496 e. The fourth-order valence-electron chi connectivity index (χ4n) is 2.73. The number of anilines is 1. The standard InChI is InChI=1S/C15H20N2O4/c1-21-12-8-10(4-5-11(12)14(19)20)17-13(18)9-15(16)6-2-3-7-15/h4-5,8H,2-3,6-7,9,16H2,1H3,(H,17,18)(H,19,20). The van der Waals surface area contributed by atoms with Crippen LogP contribution in [0.25, 0.3) is 0 Å². The van der Waals surface area contributed by atoms with Crippen LogP contribution in [0.4, 0.5) is 5.69 Å². The third kappa shape index (κ3) is 3.72. The largest absolute Gasteiger partial charge is 0.496 e. The summed E-state index contributed by atoms with van der Waals surface area (Å²) in [6.45, 7) is 0. The summed E-state index contributed by atoms with van der Waals surface area (Å²) in [7, 11) is 1.39. The first-order chi connectivity index (χ1) is 9.93. The smallest absolute Gasteiger partial charge is 0.339 e. The number of amides is 1. The summed E-state index contributed by atoms with van der Waals surface area (Å²) < 4.78 is 5.03. The topological polar surface area (TPSA) is 102 Å². The molecule has 6 nitrogen and oxygen atoms in total. The Hall–Kier alpha value is -2.08. The number of rotatable bonds is 5. The van der Waals surface area contributed by atoms with Crippen molar-refractivity contribution >= 4 is 17.6 Å². The zero-order valence-corrected chi connectivity index (χ0v) is 12.0. The summed E-state index contributed by atoms with van der Waals surface area (Å²) in [5, 5.41) is 11.8. The Kier molecular flexibility index (Phi) is 4.47. The molecule has 0 heterocycles. The molecule has 21 heavy (non-hydrogen) atoms. The van der Waals surface area contributed by atoms with Gasteiger partial charge >= 0.3 is 5.97 Å². The molecule has 1 aromatic carbocycles. The number of ether oxygens (including phenoxy) is 1. The third-order valence-electron chi connectivity index (χ3n) is 3.83. The lowest BCUT2D eigenvalue weighted by Crippen LogP contribution is -2.40. The molecule has 0 atom stereocenters. The molecular weight excluding hydrogens is 272 g/mol. The average Bonchev–Trinajstić information content (AvgIpc) is 2.84. The molecule has 1 amide bonds. The van der Waals surface area contributed by atoms with Crippen LogP contribution in [0.1, 0.15) is 42.5 Å². The number of methoxy groups -OCH3 is 1. The lowest BCUT2D eigenvalue weighted by atomic mass is 9.94. The van der Waals surface area contributed by atoms with E-state index in [2.05, 4.69) is 5.32 Å². The number of carbonyl (C=O) groups is 2. The second-order valence-corrected chi connectivity index (χ2v) is 5.51. The predicted octanol–water partition coefficient (Wildman–Crippen LogP) is 1.99. The molecule has 0 spiro atoms. The first-order valence-corrected chi connectivity index (χ1v) is 6.94. The van der Waals surface area contributed by atoms with Gasteiger partial charge < -0.3 is 20.9 Å². The summed E-state index contributed by atoms with van der Waals surface area (Å²) in [6.07, 6.45) is 4.12. The van der Waals surface area contributed by atoms with Gasteiger partial charge in [-0.3, -0.25) is 4.79 Å². The molecule has 0 bridgehead atoms. The number of aromatic carboxylic acids is 1. The van der Waals surface area contributed by atoms with Crippen molar-refractivity contribution in [2.75, 3.05) is 12.4 Å². The van der Waals surface area contributed by atoms with Crippen LogP contribution in [0.3, 0.4) is 0 Å². The van der Waals surface area contributed by atoms with Crippen molar-refractivity contribution in [2.24, 2.45) is 5.73 Å². The zero-order valence-electron chi connectivity index (χ0n) is 12.0. The van der Waals surface area contributed by atoms with Gasteiger partial charge in [-0.2, -0.15) is 0 Å².